The smallest absolute Gasteiger partial charge is 0.255 e. The maximum Gasteiger partial charge on any atom is 0.255 e. The van der Waals surface area contributed by atoms with Gasteiger partial charge in [0.2, 0.25) is 0 Å². The standard InChI is InChI=1S/C21H21NO7/c1-21(13-29-19-7-3-6-18(26)16(19)11-24)12-28-9-8-22(21)20(27)14-4-2-5-17(25)15(14)10-23/h2-7,10-11,25-26H,8-9,12-13H2,1H3/t21-/m0/s1. The molecule has 2 aromatic carbocycles. The second-order valence-corrected chi connectivity index (χ2v) is 6.96. The van der Waals surface area contributed by atoms with E-state index in [0.29, 0.717) is 19.2 Å². The van der Waals surface area contributed by atoms with E-state index in [2.05, 4.69) is 0 Å². The Balaban J connectivity index is 1.88. The van der Waals surface area contributed by atoms with Crippen molar-refractivity contribution in [2.24, 2.45) is 0 Å². The molecule has 2 aromatic rings. The van der Waals surface area contributed by atoms with E-state index >= 15 is 0 Å². The number of rotatable bonds is 6. The van der Waals surface area contributed by atoms with E-state index in [1.807, 2.05) is 0 Å². The van der Waals surface area contributed by atoms with Crippen LogP contribution in [0, 0.1) is 0 Å². The van der Waals surface area contributed by atoms with Crippen molar-refractivity contribution in [2.75, 3.05) is 26.4 Å². The van der Waals surface area contributed by atoms with Gasteiger partial charge in [-0.1, -0.05) is 12.1 Å². The fraction of sp³-hybridized carbons (Fsp3) is 0.286. The van der Waals surface area contributed by atoms with Crippen LogP contribution in [-0.2, 0) is 4.74 Å². The zero-order chi connectivity index (χ0) is 21.0. The Morgan fingerprint density at radius 3 is 2.48 bits per heavy atom. The predicted octanol–water partition coefficient (Wildman–Crippen LogP) is 2.03. The highest BCUT2D eigenvalue weighted by molar-refractivity contribution is 6.03. The van der Waals surface area contributed by atoms with Crippen molar-refractivity contribution in [3.63, 3.8) is 0 Å². The van der Waals surface area contributed by atoms with E-state index in [-0.39, 0.29) is 53.7 Å². The van der Waals surface area contributed by atoms with Gasteiger partial charge in [-0.2, -0.15) is 0 Å². The molecule has 1 saturated heterocycles. The van der Waals surface area contributed by atoms with E-state index < -0.39 is 11.4 Å². The summed E-state index contributed by atoms with van der Waals surface area (Å²) in [5.41, 5.74) is -0.892. The monoisotopic (exact) mass is 399 g/mol. The molecule has 0 bridgehead atoms. The van der Waals surface area contributed by atoms with Gasteiger partial charge in [0.05, 0.1) is 35.4 Å². The van der Waals surface area contributed by atoms with Crippen LogP contribution in [0.2, 0.25) is 0 Å². The fourth-order valence-corrected chi connectivity index (χ4v) is 3.28. The van der Waals surface area contributed by atoms with Crippen LogP contribution in [0.1, 0.15) is 38.0 Å². The number of carbonyl (C=O) groups is 3. The molecule has 0 spiro atoms. The van der Waals surface area contributed by atoms with Gasteiger partial charge >= 0.3 is 0 Å². The number of nitrogens with zero attached hydrogens (tertiary/aromatic N) is 1. The second-order valence-electron chi connectivity index (χ2n) is 6.96. The highest BCUT2D eigenvalue weighted by Gasteiger charge is 2.40. The van der Waals surface area contributed by atoms with Crippen LogP contribution < -0.4 is 4.74 Å². The van der Waals surface area contributed by atoms with E-state index in [9.17, 15) is 24.6 Å². The molecule has 3 rings (SSSR count). The molecule has 0 aliphatic carbocycles. The lowest BCUT2D eigenvalue weighted by atomic mass is 9.97. The Morgan fingerprint density at radius 2 is 1.79 bits per heavy atom. The third-order valence-electron chi connectivity index (χ3n) is 4.90. The molecular weight excluding hydrogens is 378 g/mol. The van der Waals surface area contributed by atoms with Crippen LogP contribution >= 0.6 is 0 Å². The van der Waals surface area contributed by atoms with E-state index in [4.69, 9.17) is 9.47 Å². The van der Waals surface area contributed by atoms with Gasteiger partial charge in [0.1, 0.15) is 23.9 Å². The minimum absolute atomic E-state index is 0.0156. The Morgan fingerprint density at radius 1 is 1.14 bits per heavy atom. The van der Waals surface area contributed by atoms with Gasteiger partial charge in [-0.25, -0.2) is 0 Å². The average Bonchev–Trinajstić information content (AvgIpc) is 2.72. The summed E-state index contributed by atoms with van der Waals surface area (Å²) in [6.45, 7) is 2.48. The number of hydrogen-bond donors (Lipinski definition) is 2. The van der Waals surface area contributed by atoms with Gasteiger partial charge in [0, 0.05) is 6.54 Å². The normalized spacial score (nSPS) is 18.9. The lowest BCUT2D eigenvalue weighted by Gasteiger charge is -2.44. The van der Waals surface area contributed by atoms with Gasteiger partial charge in [0.25, 0.3) is 5.91 Å². The maximum atomic E-state index is 13.2. The van der Waals surface area contributed by atoms with Crippen LogP contribution in [-0.4, -0.2) is 65.5 Å². The number of hydrogen-bond acceptors (Lipinski definition) is 7. The molecule has 8 nitrogen and oxygen atoms in total. The Labute approximate surface area is 167 Å². The van der Waals surface area contributed by atoms with Crippen LogP contribution in [0.15, 0.2) is 36.4 Å². The number of benzene rings is 2. The van der Waals surface area contributed by atoms with Crippen molar-refractivity contribution in [3.8, 4) is 17.2 Å². The summed E-state index contributed by atoms with van der Waals surface area (Å²) >= 11 is 0. The third-order valence-corrected chi connectivity index (χ3v) is 4.90. The number of aromatic hydroxyl groups is 2. The summed E-state index contributed by atoms with van der Waals surface area (Å²) < 4.78 is 11.3. The average molecular weight is 399 g/mol. The number of phenolic OH excluding ortho intramolecular Hbond substituents is 2. The molecule has 152 valence electrons. The topological polar surface area (TPSA) is 113 Å². The minimum atomic E-state index is -0.910. The molecule has 1 heterocycles. The molecule has 8 heteroatoms. The lowest BCUT2D eigenvalue weighted by molar-refractivity contribution is -0.0619. The summed E-state index contributed by atoms with van der Waals surface area (Å²) in [5, 5.41) is 19.7. The van der Waals surface area contributed by atoms with Gasteiger partial charge < -0.3 is 24.6 Å². The van der Waals surface area contributed by atoms with Crippen molar-refractivity contribution in [3.05, 3.63) is 53.1 Å². The SMILES string of the molecule is C[C@@]1(COc2cccc(O)c2C=O)COCCN1C(=O)c1cccc(O)c1C=O. The van der Waals surface area contributed by atoms with E-state index in [1.165, 1.54) is 29.2 Å². The van der Waals surface area contributed by atoms with Crippen LogP contribution in [0.3, 0.4) is 0 Å². The van der Waals surface area contributed by atoms with Crippen molar-refractivity contribution in [2.45, 2.75) is 12.5 Å². The zero-order valence-electron chi connectivity index (χ0n) is 15.8. The lowest BCUT2D eigenvalue weighted by Crippen LogP contribution is -2.60. The van der Waals surface area contributed by atoms with Crippen molar-refractivity contribution >= 4 is 18.5 Å². The summed E-state index contributed by atoms with van der Waals surface area (Å²) in [5.74, 6) is -0.729. The summed E-state index contributed by atoms with van der Waals surface area (Å²) in [6, 6.07) is 8.77. The predicted molar refractivity (Wildman–Crippen MR) is 103 cm³/mol. The van der Waals surface area contributed by atoms with Gasteiger partial charge in [-0.05, 0) is 31.2 Å². The third kappa shape index (κ3) is 3.93. The molecule has 1 aliphatic heterocycles. The summed E-state index contributed by atoms with van der Waals surface area (Å²) in [4.78, 5) is 37.3. The fourth-order valence-electron chi connectivity index (χ4n) is 3.28. The Hall–Kier alpha value is -3.39. The summed E-state index contributed by atoms with van der Waals surface area (Å²) in [7, 11) is 0. The van der Waals surface area contributed by atoms with E-state index in [1.54, 1.807) is 19.1 Å². The molecule has 1 aliphatic rings. The summed E-state index contributed by atoms with van der Waals surface area (Å²) in [6.07, 6.45) is 0.941. The zero-order valence-corrected chi connectivity index (χ0v) is 15.8. The molecule has 1 fully saturated rings. The van der Waals surface area contributed by atoms with Crippen molar-refractivity contribution in [1.29, 1.82) is 0 Å². The number of carbonyl (C=O) groups excluding carboxylic acids is 3. The van der Waals surface area contributed by atoms with Crippen molar-refractivity contribution in [1.82, 2.24) is 4.90 Å². The number of phenols is 2. The Kier molecular flexibility index (Phi) is 5.84. The first kappa shape index (κ1) is 20.3. The van der Waals surface area contributed by atoms with Crippen LogP contribution in [0.5, 0.6) is 17.2 Å². The maximum absolute atomic E-state index is 13.2. The van der Waals surface area contributed by atoms with Gasteiger partial charge in [-0.3, -0.25) is 14.4 Å². The molecule has 0 aromatic heterocycles. The quantitative estimate of drug-likeness (QED) is 0.715. The number of amides is 1. The highest BCUT2D eigenvalue weighted by Crippen LogP contribution is 2.30. The molecule has 1 atom stereocenters. The molecule has 0 unspecified atom stereocenters. The molecule has 2 N–H and O–H groups in total. The minimum Gasteiger partial charge on any atom is -0.507 e. The number of morpholine rings is 1. The first-order valence-electron chi connectivity index (χ1n) is 8.98. The molecule has 1 amide bonds. The Bertz CT molecular complexity index is 943. The van der Waals surface area contributed by atoms with Gasteiger partial charge in [-0.15, -0.1) is 0 Å². The molecule has 29 heavy (non-hydrogen) atoms. The molecule has 0 saturated carbocycles. The highest BCUT2D eigenvalue weighted by atomic mass is 16.5. The van der Waals surface area contributed by atoms with Crippen LogP contribution in [0.25, 0.3) is 0 Å². The number of ether oxygens (including phenoxy) is 2. The molecule has 0 radical (unpaired) electrons. The molecular formula is C21H21NO7. The van der Waals surface area contributed by atoms with Crippen LogP contribution in [0.4, 0.5) is 0 Å². The van der Waals surface area contributed by atoms with Crippen molar-refractivity contribution < 1.29 is 34.1 Å². The first-order valence-corrected chi connectivity index (χ1v) is 8.98. The largest absolute Gasteiger partial charge is 0.507 e. The first-order chi connectivity index (χ1) is 13.9. The van der Waals surface area contributed by atoms with E-state index in [0.717, 1.165) is 0 Å². The number of aldehydes is 2. The van der Waals surface area contributed by atoms with Gasteiger partial charge in [0.15, 0.2) is 12.6 Å². The second kappa shape index (κ2) is 8.32.